The van der Waals surface area contributed by atoms with Gasteiger partial charge in [0, 0.05) is 24.1 Å². The van der Waals surface area contributed by atoms with Gasteiger partial charge in [0.05, 0.1) is 4.92 Å². The second-order valence-corrected chi connectivity index (χ2v) is 4.49. The summed E-state index contributed by atoms with van der Waals surface area (Å²) in [4.78, 5) is 22.3. The average molecular weight is 273 g/mol. The minimum Gasteiger partial charge on any atom is -0.294 e. The first-order valence-electron chi connectivity index (χ1n) is 6.00. The topological polar surface area (TPSA) is 60.2 Å². The molecule has 0 aliphatic rings. The van der Waals surface area contributed by atoms with E-state index in [0.29, 0.717) is 16.7 Å². The van der Waals surface area contributed by atoms with Gasteiger partial charge in [-0.1, -0.05) is 12.1 Å². The average Bonchev–Trinajstić information content (AvgIpc) is 2.38. The van der Waals surface area contributed by atoms with Crippen LogP contribution < -0.4 is 0 Å². The molecule has 2 aromatic rings. The smallest absolute Gasteiger partial charge is 0.269 e. The van der Waals surface area contributed by atoms with Crippen molar-refractivity contribution in [1.82, 2.24) is 0 Å². The van der Waals surface area contributed by atoms with Gasteiger partial charge in [-0.3, -0.25) is 14.9 Å². The molecule has 102 valence electrons. The fourth-order valence-electron chi connectivity index (χ4n) is 2.00. The Hall–Kier alpha value is -2.56. The molecule has 0 atom stereocenters. The van der Waals surface area contributed by atoms with Crippen LogP contribution in [-0.4, -0.2) is 10.7 Å². The zero-order valence-corrected chi connectivity index (χ0v) is 10.8. The van der Waals surface area contributed by atoms with Crippen molar-refractivity contribution in [3.05, 3.63) is 75.1 Å². The third-order valence-corrected chi connectivity index (χ3v) is 2.97. The summed E-state index contributed by atoms with van der Waals surface area (Å²) in [6.07, 6.45) is 0.0659. The number of ketones is 1. The van der Waals surface area contributed by atoms with Crippen LogP contribution in [0.3, 0.4) is 0 Å². The van der Waals surface area contributed by atoms with E-state index < -0.39 is 10.7 Å². The zero-order chi connectivity index (χ0) is 14.7. The highest BCUT2D eigenvalue weighted by Gasteiger charge is 2.14. The van der Waals surface area contributed by atoms with E-state index in [1.165, 1.54) is 30.3 Å². The third-order valence-electron chi connectivity index (χ3n) is 2.97. The van der Waals surface area contributed by atoms with Crippen LogP contribution in [0, 0.1) is 22.9 Å². The highest BCUT2D eigenvalue weighted by molar-refractivity contribution is 5.99. The predicted octanol–water partition coefficient (Wildman–Crippen LogP) is 3.47. The Morgan fingerprint density at radius 2 is 2.00 bits per heavy atom. The highest BCUT2D eigenvalue weighted by Crippen LogP contribution is 2.19. The van der Waals surface area contributed by atoms with Crippen LogP contribution in [0.25, 0.3) is 0 Å². The first-order chi connectivity index (χ1) is 9.47. The lowest BCUT2D eigenvalue weighted by Gasteiger charge is -2.05. The molecule has 0 spiro atoms. The number of benzene rings is 2. The molecule has 5 heteroatoms. The van der Waals surface area contributed by atoms with E-state index in [9.17, 15) is 19.3 Å². The van der Waals surface area contributed by atoms with Gasteiger partial charge in [0.15, 0.2) is 5.78 Å². The van der Waals surface area contributed by atoms with Crippen LogP contribution in [-0.2, 0) is 6.42 Å². The second-order valence-electron chi connectivity index (χ2n) is 4.49. The molecule has 0 aliphatic carbocycles. The lowest BCUT2D eigenvalue weighted by molar-refractivity contribution is -0.384. The summed E-state index contributed by atoms with van der Waals surface area (Å²) in [5, 5.41) is 10.6. The monoisotopic (exact) mass is 273 g/mol. The number of nitro groups is 1. The summed E-state index contributed by atoms with van der Waals surface area (Å²) in [5.41, 5.74) is 1.48. The Bertz CT molecular complexity index is 683. The maximum absolute atomic E-state index is 13.1. The lowest BCUT2D eigenvalue weighted by Crippen LogP contribution is -2.06. The number of hydrogen-bond donors (Lipinski definition) is 0. The number of rotatable bonds is 4. The summed E-state index contributed by atoms with van der Waals surface area (Å²) in [5.74, 6) is -0.585. The standard InChI is InChI=1S/C15H12FNO3/c1-10-7-13(17(19)20)5-6-14(10)15(18)9-11-3-2-4-12(16)8-11/h2-8H,9H2,1H3. The van der Waals surface area contributed by atoms with Gasteiger partial charge >= 0.3 is 0 Å². The number of nitrogens with zero attached hydrogens (tertiary/aromatic N) is 1. The molecule has 2 rings (SSSR count). The zero-order valence-electron chi connectivity index (χ0n) is 10.8. The van der Waals surface area contributed by atoms with E-state index in [2.05, 4.69) is 0 Å². The van der Waals surface area contributed by atoms with Gasteiger partial charge in [0.1, 0.15) is 5.82 Å². The SMILES string of the molecule is Cc1cc([N+](=O)[O-])ccc1C(=O)Cc1cccc(F)c1. The number of aryl methyl sites for hydroxylation is 1. The molecule has 0 radical (unpaired) electrons. The Balaban J connectivity index is 2.23. The van der Waals surface area contributed by atoms with Crippen molar-refractivity contribution >= 4 is 11.5 Å². The molecule has 0 bridgehead atoms. The van der Waals surface area contributed by atoms with E-state index in [-0.39, 0.29) is 17.9 Å². The van der Waals surface area contributed by atoms with Gasteiger partial charge in [-0.25, -0.2) is 4.39 Å². The molecular weight excluding hydrogens is 261 g/mol. The van der Waals surface area contributed by atoms with Crippen LogP contribution in [0.2, 0.25) is 0 Å². The molecular formula is C15H12FNO3. The maximum atomic E-state index is 13.1. The fraction of sp³-hybridized carbons (Fsp3) is 0.133. The van der Waals surface area contributed by atoms with Crippen LogP contribution >= 0.6 is 0 Å². The Kier molecular flexibility index (Phi) is 3.89. The summed E-state index contributed by atoms with van der Waals surface area (Å²) in [6.45, 7) is 1.64. The van der Waals surface area contributed by atoms with Gasteiger partial charge < -0.3 is 0 Å². The summed E-state index contributed by atoms with van der Waals surface area (Å²) in [6, 6.07) is 9.92. The Morgan fingerprint density at radius 3 is 2.60 bits per heavy atom. The van der Waals surface area contributed by atoms with Crippen molar-refractivity contribution < 1.29 is 14.1 Å². The molecule has 20 heavy (non-hydrogen) atoms. The Labute approximate surface area is 115 Å². The van der Waals surface area contributed by atoms with Crippen LogP contribution in [0.1, 0.15) is 21.5 Å². The summed E-state index contributed by atoms with van der Waals surface area (Å²) >= 11 is 0. The fourth-order valence-corrected chi connectivity index (χ4v) is 2.00. The summed E-state index contributed by atoms with van der Waals surface area (Å²) < 4.78 is 13.1. The number of nitro benzene ring substituents is 1. The molecule has 0 unspecified atom stereocenters. The second kappa shape index (κ2) is 5.61. The number of carbonyl (C=O) groups is 1. The normalized spacial score (nSPS) is 10.3. The van der Waals surface area contributed by atoms with Crippen molar-refractivity contribution in [3.63, 3.8) is 0 Å². The lowest BCUT2D eigenvalue weighted by atomic mass is 9.99. The van der Waals surface area contributed by atoms with Gasteiger partial charge in [-0.2, -0.15) is 0 Å². The minimum atomic E-state index is -0.506. The van der Waals surface area contributed by atoms with Gasteiger partial charge in [0.25, 0.3) is 5.69 Å². The number of Topliss-reactive ketones (excluding diaryl/α,β-unsaturated/α-hetero) is 1. The van der Waals surface area contributed by atoms with Gasteiger partial charge in [-0.15, -0.1) is 0 Å². The summed E-state index contributed by atoms with van der Waals surface area (Å²) in [7, 11) is 0. The molecule has 0 aromatic heterocycles. The maximum Gasteiger partial charge on any atom is 0.269 e. The van der Waals surface area contributed by atoms with E-state index in [4.69, 9.17) is 0 Å². The van der Waals surface area contributed by atoms with Crippen molar-refractivity contribution in [1.29, 1.82) is 0 Å². The van der Waals surface area contributed by atoms with Crippen LogP contribution in [0.5, 0.6) is 0 Å². The van der Waals surface area contributed by atoms with E-state index in [0.717, 1.165) is 0 Å². The molecule has 4 nitrogen and oxygen atoms in total. The van der Waals surface area contributed by atoms with Crippen molar-refractivity contribution in [2.24, 2.45) is 0 Å². The van der Waals surface area contributed by atoms with Gasteiger partial charge in [-0.05, 0) is 36.2 Å². The Morgan fingerprint density at radius 1 is 1.25 bits per heavy atom. The van der Waals surface area contributed by atoms with Gasteiger partial charge in [0.2, 0.25) is 0 Å². The quantitative estimate of drug-likeness (QED) is 0.487. The number of halogens is 1. The predicted molar refractivity (Wildman–Crippen MR) is 72.3 cm³/mol. The third kappa shape index (κ3) is 3.06. The minimum absolute atomic E-state index is 0.0511. The number of non-ortho nitro benzene ring substituents is 1. The van der Waals surface area contributed by atoms with Crippen LogP contribution in [0.4, 0.5) is 10.1 Å². The highest BCUT2D eigenvalue weighted by atomic mass is 19.1. The van der Waals surface area contributed by atoms with E-state index in [1.807, 2.05) is 0 Å². The first kappa shape index (κ1) is 13.9. The molecule has 0 heterocycles. The molecule has 0 fully saturated rings. The van der Waals surface area contributed by atoms with E-state index >= 15 is 0 Å². The van der Waals surface area contributed by atoms with E-state index in [1.54, 1.807) is 19.1 Å². The molecule has 0 saturated carbocycles. The molecule has 0 amide bonds. The van der Waals surface area contributed by atoms with Crippen molar-refractivity contribution in [3.8, 4) is 0 Å². The number of carbonyl (C=O) groups excluding carboxylic acids is 1. The first-order valence-corrected chi connectivity index (χ1v) is 6.00. The number of hydrogen-bond acceptors (Lipinski definition) is 3. The molecule has 2 aromatic carbocycles. The largest absolute Gasteiger partial charge is 0.294 e. The van der Waals surface area contributed by atoms with Crippen LogP contribution in [0.15, 0.2) is 42.5 Å². The van der Waals surface area contributed by atoms with Crippen molar-refractivity contribution in [2.45, 2.75) is 13.3 Å². The molecule has 0 N–H and O–H groups in total. The van der Waals surface area contributed by atoms with Crippen molar-refractivity contribution in [2.75, 3.05) is 0 Å². The molecule has 0 aliphatic heterocycles. The molecule has 0 saturated heterocycles.